The van der Waals surface area contributed by atoms with E-state index in [0.29, 0.717) is 12.3 Å². The van der Waals surface area contributed by atoms with E-state index >= 15 is 0 Å². The molecule has 0 bridgehead atoms. The first-order valence-electron chi connectivity index (χ1n) is 5.94. The first-order chi connectivity index (χ1) is 8.63. The first-order valence-corrected chi connectivity index (χ1v) is 6.92. The lowest BCUT2D eigenvalue weighted by atomic mass is 10.2. The van der Waals surface area contributed by atoms with Gasteiger partial charge in [-0.1, -0.05) is 6.92 Å². The van der Waals surface area contributed by atoms with Crippen molar-refractivity contribution in [2.75, 3.05) is 25.9 Å². The van der Waals surface area contributed by atoms with Gasteiger partial charge in [0.2, 0.25) is 5.91 Å². The van der Waals surface area contributed by atoms with Crippen LogP contribution in [0.1, 0.15) is 6.92 Å². The van der Waals surface area contributed by atoms with E-state index in [2.05, 4.69) is 10.6 Å². The van der Waals surface area contributed by atoms with Crippen molar-refractivity contribution in [1.29, 1.82) is 0 Å². The second-order valence-electron chi connectivity index (χ2n) is 4.06. The van der Waals surface area contributed by atoms with Crippen molar-refractivity contribution in [3.63, 3.8) is 0 Å². The Balaban J connectivity index is 0.00000324. The fraction of sp³-hybridized carbons (Fsp3) is 0.462. The molecule has 6 heteroatoms. The van der Waals surface area contributed by atoms with Crippen LogP contribution < -0.4 is 10.6 Å². The van der Waals surface area contributed by atoms with Crippen molar-refractivity contribution in [3.8, 4) is 0 Å². The first kappa shape index (κ1) is 18.2. The molecule has 0 spiro atoms. The lowest BCUT2D eigenvalue weighted by molar-refractivity contribution is -0.123. The third kappa shape index (κ3) is 7.40. The van der Waals surface area contributed by atoms with E-state index in [1.807, 2.05) is 14.0 Å². The fourth-order valence-corrected chi connectivity index (χ4v) is 2.24. The molecule has 1 aromatic rings. The number of halogens is 2. The number of likely N-dealkylation sites (N-methyl/N-ethyl adjacent to an activating group) is 1. The van der Waals surface area contributed by atoms with Gasteiger partial charge in [0.1, 0.15) is 5.82 Å². The third-order valence-electron chi connectivity index (χ3n) is 2.44. The molecule has 0 aliphatic heterocycles. The molecule has 0 radical (unpaired) electrons. The zero-order valence-corrected chi connectivity index (χ0v) is 12.7. The molecule has 0 heterocycles. The topological polar surface area (TPSA) is 41.1 Å². The molecule has 0 saturated heterocycles. The summed E-state index contributed by atoms with van der Waals surface area (Å²) in [5, 5.41) is 5.82. The van der Waals surface area contributed by atoms with Crippen LogP contribution in [-0.4, -0.2) is 31.8 Å². The number of rotatable bonds is 7. The van der Waals surface area contributed by atoms with Crippen molar-refractivity contribution >= 4 is 30.1 Å². The average Bonchev–Trinajstić information content (AvgIpc) is 2.38. The van der Waals surface area contributed by atoms with Gasteiger partial charge >= 0.3 is 0 Å². The van der Waals surface area contributed by atoms with Crippen molar-refractivity contribution in [3.05, 3.63) is 30.1 Å². The van der Waals surface area contributed by atoms with E-state index < -0.39 is 0 Å². The molecular weight excluding hydrogens is 287 g/mol. The summed E-state index contributed by atoms with van der Waals surface area (Å²) < 4.78 is 12.7. The average molecular weight is 307 g/mol. The summed E-state index contributed by atoms with van der Waals surface area (Å²) in [6, 6.07) is 6.32. The van der Waals surface area contributed by atoms with Gasteiger partial charge in [0, 0.05) is 29.7 Å². The maximum atomic E-state index is 12.7. The number of carbonyl (C=O) groups excluding carboxylic acids is 1. The lowest BCUT2D eigenvalue weighted by Gasteiger charge is -2.11. The minimum Gasteiger partial charge on any atom is -0.355 e. The van der Waals surface area contributed by atoms with E-state index in [4.69, 9.17) is 0 Å². The minimum absolute atomic E-state index is 0. The predicted molar refractivity (Wildman–Crippen MR) is 80.5 cm³/mol. The maximum absolute atomic E-state index is 12.7. The highest BCUT2D eigenvalue weighted by Crippen LogP contribution is 2.20. The van der Waals surface area contributed by atoms with Crippen molar-refractivity contribution in [2.45, 2.75) is 11.8 Å². The molecule has 1 atom stereocenters. The Labute approximate surface area is 124 Å². The molecule has 0 fully saturated rings. The summed E-state index contributed by atoms with van der Waals surface area (Å²) in [5.41, 5.74) is 0. The summed E-state index contributed by atoms with van der Waals surface area (Å²) in [7, 11) is 1.85. The minimum atomic E-state index is -0.239. The molecular formula is C13H20ClFN2OS. The maximum Gasteiger partial charge on any atom is 0.223 e. The van der Waals surface area contributed by atoms with Crippen LogP contribution in [0.4, 0.5) is 4.39 Å². The number of benzene rings is 1. The van der Waals surface area contributed by atoms with Gasteiger partial charge in [0.05, 0.1) is 0 Å². The number of nitrogens with one attached hydrogen (secondary N) is 2. The van der Waals surface area contributed by atoms with Crippen LogP contribution in [0.25, 0.3) is 0 Å². The Morgan fingerprint density at radius 1 is 1.32 bits per heavy atom. The van der Waals surface area contributed by atoms with Gasteiger partial charge in [-0.2, -0.15) is 0 Å². The molecule has 3 nitrogen and oxygen atoms in total. The van der Waals surface area contributed by atoms with Gasteiger partial charge in [-0.3, -0.25) is 4.79 Å². The molecule has 2 N–H and O–H groups in total. The van der Waals surface area contributed by atoms with E-state index in [-0.39, 0.29) is 30.0 Å². The summed E-state index contributed by atoms with van der Waals surface area (Å²) in [4.78, 5) is 12.7. The predicted octanol–water partition coefficient (Wildman–Crippen LogP) is 2.31. The highest BCUT2D eigenvalue weighted by Gasteiger charge is 2.12. The number of carbonyl (C=O) groups is 1. The number of amides is 1. The molecule has 1 unspecified atom stereocenters. The van der Waals surface area contributed by atoms with Crippen LogP contribution >= 0.6 is 24.2 Å². The van der Waals surface area contributed by atoms with Gasteiger partial charge in [0.25, 0.3) is 0 Å². The molecule has 1 amide bonds. The number of thioether (sulfide) groups is 1. The molecule has 0 aliphatic carbocycles. The van der Waals surface area contributed by atoms with E-state index in [9.17, 15) is 9.18 Å². The molecule has 19 heavy (non-hydrogen) atoms. The third-order valence-corrected chi connectivity index (χ3v) is 3.71. The van der Waals surface area contributed by atoms with Gasteiger partial charge in [-0.25, -0.2) is 4.39 Å². The molecule has 1 aromatic carbocycles. The van der Waals surface area contributed by atoms with Crippen LogP contribution in [0.15, 0.2) is 29.2 Å². The highest BCUT2D eigenvalue weighted by molar-refractivity contribution is 7.99. The van der Waals surface area contributed by atoms with Gasteiger partial charge < -0.3 is 10.6 Å². The van der Waals surface area contributed by atoms with Crippen LogP contribution in [0.5, 0.6) is 0 Å². The number of hydrogen-bond donors (Lipinski definition) is 2. The Bertz CT molecular complexity index is 375. The second-order valence-corrected chi connectivity index (χ2v) is 5.15. The summed E-state index contributed by atoms with van der Waals surface area (Å²) >= 11 is 1.56. The van der Waals surface area contributed by atoms with Crippen LogP contribution in [-0.2, 0) is 4.79 Å². The van der Waals surface area contributed by atoms with Crippen molar-refractivity contribution in [2.24, 2.45) is 5.92 Å². The Morgan fingerprint density at radius 3 is 2.53 bits per heavy atom. The zero-order valence-electron chi connectivity index (χ0n) is 11.1. The summed E-state index contributed by atoms with van der Waals surface area (Å²) in [5.74, 6) is 0.450. The molecule has 108 valence electrons. The van der Waals surface area contributed by atoms with Crippen LogP contribution in [0.3, 0.4) is 0 Å². The highest BCUT2D eigenvalue weighted by atomic mass is 35.5. The molecule has 0 saturated carbocycles. The number of hydrogen-bond acceptors (Lipinski definition) is 3. The molecule has 1 rings (SSSR count). The largest absolute Gasteiger partial charge is 0.355 e. The smallest absolute Gasteiger partial charge is 0.223 e. The monoisotopic (exact) mass is 306 g/mol. The molecule has 0 aromatic heterocycles. The zero-order chi connectivity index (χ0) is 13.4. The van der Waals surface area contributed by atoms with Gasteiger partial charge in [-0.05, 0) is 31.3 Å². The summed E-state index contributed by atoms with van der Waals surface area (Å²) in [6.45, 7) is 3.30. The standard InChI is InChI=1S/C13H19FN2OS.ClH/c1-10(13(17)16-8-7-15-2)9-18-12-5-3-11(14)4-6-12;/h3-6,10,15H,7-9H2,1-2H3,(H,16,17);1H. The molecule has 0 aliphatic rings. The second kappa shape index (κ2) is 10.1. The van der Waals surface area contributed by atoms with E-state index in [0.717, 1.165) is 11.4 Å². The normalized spacial score (nSPS) is 11.5. The van der Waals surface area contributed by atoms with Gasteiger partial charge in [0.15, 0.2) is 0 Å². The Kier molecular flexibility index (Phi) is 9.65. The Morgan fingerprint density at radius 2 is 1.95 bits per heavy atom. The summed E-state index contributed by atoms with van der Waals surface area (Å²) in [6.07, 6.45) is 0. The van der Waals surface area contributed by atoms with Gasteiger partial charge in [-0.15, -0.1) is 24.2 Å². The SMILES string of the molecule is CNCCNC(=O)C(C)CSc1ccc(F)cc1.Cl. The van der Waals surface area contributed by atoms with Crippen LogP contribution in [0.2, 0.25) is 0 Å². The fourth-order valence-electron chi connectivity index (χ4n) is 1.31. The van der Waals surface area contributed by atoms with Crippen molar-refractivity contribution in [1.82, 2.24) is 10.6 Å². The van der Waals surface area contributed by atoms with Crippen molar-refractivity contribution < 1.29 is 9.18 Å². The van der Waals surface area contributed by atoms with Crippen LogP contribution in [0, 0.1) is 11.7 Å². The van der Waals surface area contributed by atoms with E-state index in [1.54, 1.807) is 23.9 Å². The van der Waals surface area contributed by atoms with E-state index in [1.165, 1.54) is 12.1 Å². The lowest BCUT2D eigenvalue weighted by Crippen LogP contribution is -2.34. The quantitative estimate of drug-likeness (QED) is 0.600. The Hall–Kier alpha value is -0.780.